The second-order valence-electron chi connectivity index (χ2n) is 5.96. The third-order valence-electron chi connectivity index (χ3n) is 4.23. The molecule has 1 fully saturated rings. The molecule has 0 aromatic heterocycles. The van der Waals surface area contributed by atoms with Crippen LogP contribution >= 0.6 is 35.0 Å². The molecule has 1 saturated heterocycles. The maximum absolute atomic E-state index is 12.4. The van der Waals surface area contributed by atoms with Crippen LogP contribution in [0.4, 0.5) is 5.69 Å². The molecule has 7 heteroatoms. The highest BCUT2D eigenvalue weighted by atomic mass is 35.5. The number of fused-ring (bicyclic) bond motifs is 1. The first-order valence-corrected chi connectivity index (χ1v) is 9.93. The monoisotopic (exact) mass is 428 g/mol. The van der Waals surface area contributed by atoms with Crippen molar-refractivity contribution < 1.29 is 9.53 Å². The number of hydrogen-bond acceptors (Lipinski definition) is 4. The van der Waals surface area contributed by atoms with Crippen LogP contribution < -0.4 is 10.1 Å². The molecule has 0 saturated carbocycles. The number of nitrogens with one attached hydrogen (secondary N) is 1. The fourth-order valence-electron chi connectivity index (χ4n) is 2.91. The summed E-state index contributed by atoms with van der Waals surface area (Å²) in [7, 11) is 1.64. The zero-order valence-electron chi connectivity index (χ0n) is 14.7. The number of aliphatic imine (C=N–C) groups is 1. The minimum Gasteiger partial charge on any atom is -0.496 e. The van der Waals surface area contributed by atoms with Crippen LogP contribution in [0, 0.1) is 0 Å². The van der Waals surface area contributed by atoms with Gasteiger partial charge in [-0.05, 0) is 47.0 Å². The predicted molar refractivity (Wildman–Crippen MR) is 118 cm³/mol. The van der Waals surface area contributed by atoms with Crippen molar-refractivity contribution in [1.29, 1.82) is 0 Å². The first kappa shape index (κ1) is 18.9. The Balaban J connectivity index is 1.70. The number of thioether (sulfide) groups is 1. The van der Waals surface area contributed by atoms with Gasteiger partial charge in [0.25, 0.3) is 5.91 Å². The summed E-state index contributed by atoms with van der Waals surface area (Å²) in [6.45, 7) is 0. The summed E-state index contributed by atoms with van der Waals surface area (Å²) in [6, 6.07) is 16.9. The van der Waals surface area contributed by atoms with E-state index in [4.69, 9.17) is 27.9 Å². The Morgan fingerprint density at radius 1 is 1.04 bits per heavy atom. The number of amides is 1. The Kier molecular flexibility index (Phi) is 5.31. The first-order chi connectivity index (χ1) is 13.6. The van der Waals surface area contributed by atoms with Gasteiger partial charge in [0.15, 0.2) is 5.17 Å². The third kappa shape index (κ3) is 3.61. The zero-order valence-corrected chi connectivity index (χ0v) is 17.0. The molecule has 1 aliphatic rings. The summed E-state index contributed by atoms with van der Waals surface area (Å²) in [5.41, 5.74) is 1.43. The molecule has 0 bridgehead atoms. The average molecular weight is 429 g/mol. The summed E-state index contributed by atoms with van der Waals surface area (Å²) in [6.07, 6.45) is 1.85. The van der Waals surface area contributed by atoms with Gasteiger partial charge in [-0.25, -0.2) is 4.99 Å². The van der Waals surface area contributed by atoms with Crippen molar-refractivity contribution in [3.8, 4) is 5.75 Å². The molecule has 0 spiro atoms. The van der Waals surface area contributed by atoms with Crippen LogP contribution in [0.3, 0.4) is 0 Å². The molecule has 3 aromatic rings. The molecule has 0 unspecified atom stereocenters. The van der Waals surface area contributed by atoms with Crippen LogP contribution in [0.15, 0.2) is 64.5 Å². The number of benzene rings is 3. The zero-order chi connectivity index (χ0) is 19.7. The van der Waals surface area contributed by atoms with Gasteiger partial charge in [0.05, 0.1) is 27.7 Å². The Bertz CT molecular complexity index is 1160. The minimum atomic E-state index is -0.207. The Morgan fingerprint density at radius 3 is 2.61 bits per heavy atom. The molecule has 4 nitrogen and oxygen atoms in total. The van der Waals surface area contributed by atoms with E-state index in [0.717, 1.165) is 22.1 Å². The number of halogens is 2. The van der Waals surface area contributed by atoms with E-state index in [0.29, 0.717) is 25.8 Å². The number of nitrogens with zero attached hydrogens (tertiary/aromatic N) is 1. The summed E-state index contributed by atoms with van der Waals surface area (Å²) in [4.78, 5) is 17.4. The Morgan fingerprint density at radius 2 is 1.82 bits per heavy atom. The van der Waals surface area contributed by atoms with Gasteiger partial charge >= 0.3 is 0 Å². The SMILES string of the molecule is COc1ccc(/C=C2\SC(=Nc3cccc(Cl)c3Cl)NC2=O)c2ccccc12. The van der Waals surface area contributed by atoms with Crippen molar-refractivity contribution in [3.63, 3.8) is 0 Å². The van der Waals surface area contributed by atoms with Gasteiger partial charge in [0, 0.05) is 5.39 Å². The van der Waals surface area contributed by atoms with Crippen LogP contribution in [0.2, 0.25) is 10.0 Å². The van der Waals surface area contributed by atoms with Gasteiger partial charge in [-0.15, -0.1) is 0 Å². The van der Waals surface area contributed by atoms with Crippen molar-refractivity contribution >= 4 is 68.6 Å². The smallest absolute Gasteiger partial charge is 0.264 e. The number of rotatable bonds is 3. The molecule has 28 heavy (non-hydrogen) atoms. The van der Waals surface area contributed by atoms with E-state index in [1.165, 1.54) is 11.8 Å². The second-order valence-corrected chi connectivity index (χ2v) is 7.77. The van der Waals surface area contributed by atoms with Gasteiger partial charge in [0.1, 0.15) is 5.75 Å². The van der Waals surface area contributed by atoms with Crippen molar-refractivity contribution in [3.05, 3.63) is 75.1 Å². The van der Waals surface area contributed by atoms with E-state index in [2.05, 4.69) is 10.3 Å². The maximum atomic E-state index is 12.4. The van der Waals surface area contributed by atoms with Crippen molar-refractivity contribution in [2.75, 3.05) is 7.11 Å². The highest BCUT2D eigenvalue weighted by Gasteiger charge is 2.24. The molecule has 1 heterocycles. The fraction of sp³-hybridized carbons (Fsp3) is 0.0476. The van der Waals surface area contributed by atoms with Crippen LogP contribution in [0.5, 0.6) is 5.75 Å². The lowest BCUT2D eigenvalue weighted by molar-refractivity contribution is -0.115. The van der Waals surface area contributed by atoms with Crippen LogP contribution in [-0.2, 0) is 4.79 Å². The molecule has 3 aromatic carbocycles. The molecule has 1 N–H and O–H groups in total. The molecule has 1 aliphatic heterocycles. The Hall–Kier alpha value is -2.47. The fourth-order valence-corrected chi connectivity index (χ4v) is 4.07. The number of amidine groups is 1. The number of methoxy groups -OCH3 is 1. The number of carbonyl (C=O) groups excluding carboxylic acids is 1. The predicted octanol–water partition coefficient (Wildman–Crippen LogP) is 6.05. The molecule has 1 amide bonds. The van der Waals surface area contributed by atoms with Gasteiger partial charge in [-0.1, -0.05) is 59.6 Å². The minimum absolute atomic E-state index is 0.207. The lowest BCUT2D eigenvalue weighted by Gasteiger charge is -2.08. The van der Waals surface area contributed by atoms with E-state index in [1.54, 1.807) is 25.3 Å². The van der Waals surface area contributed by atoms with Crippen LogP contribution in [0.1, 0.15) is 5.56 Å². The van der Waals surface area contributed by atoms with E-state index in [9.17, 15) is 4.79 Å². The summed E-state index contributed by atoms with van der Waals surface area (Å²) >= 11 is 13.5. The Labute approximate surface area is 176 Å². The maximum Gasteiger partial charge on any atom is 0.264 e. The summed E-state index contributed by atoms with van der Waals surface area (Å²) in [5.74, 6) is 0.584. The topological polar surface area (TPSA) is 50.7 Å². The van der Waals surface area contributed by atoms with E-state index >= 15 is 0 Å². The largest absolute Gasteiger partial charge is 0.496 e. The average Bonchev–Trinajstić information content (AvgIpc) is 3.04. The third-order valence-corrected chi connectivity index (χ3v) is 5.95. The van der Waals surface area contributed by atoms with Gasteiger partial charge < -0.3 is 10.1 Å². The highest BCUT2D eigenvalue weighted by molar-refractivity contribution is 8.18. The molecule has 0 atom stereocenters. The standard InChI is InChI=1S/C21H14Cl2N2O2S/c1-27-17-10-9-12(13-5-2-3-6-14(13)17)11-18-20(26)25-21(28-18)24-16-8-4-7-15(22)19(16)23/h2-11H,1H3,(H,24,25,26)/b18-11-. The molecule has 0 radical (unpaired) electrons. The number of carbonyl (C=O) groups is 1. The van der Waals surface area contributed by atoms with E-state index < -0.39 is 0 Å². The van der Waals surface area contributed by atoms with Crippen molar-refractivity contribution in [2.24, 2.45) is 4.99 Å². The quantitative estimate of drug-likeness (QED) is 0.516. The number of ether oxygens (including phenoxy) is 1. The summed E-state index contributed by atoms with van der Waals surface area (Å²) in [5, 5.41) is 5.99. The summed E-state index contributed by atoms with van der Waals surface area (Å²) < 4.78 is 5.43. The highest BCUT2D eigenvalue weighted by Crippen LogP contribution is 2.36. The molecule has 4 rings (SSSR count). The molecule has 0 aliphatic carbocycles. The van der Waals surface area contributed by atoms with Crippen LogP contribution in [0.25, 0.3) is 16.8 Å². The van der Waals surface area contributed by atoms with E-state index in [1.807, 2.05) is 42.5 Å². The molecular weight excluding hydrogens is 415 g/mol. The molecule has 140 valence electrons. The second kappa shape index (κ2) is 7.87. The van der Waals surface area contributed by atoms with Gasteiger partial charge in [-0.3, -0.25) is 4.79 Å². The first-order valence-electron chi connectivity index (χ1n) is 8.36. The van der Waals surface area contributed by atoms with Crippen LogP contribution in [-0.4, -0.2) is 18.2 Å². The van der Waals surface area contributed by atoms with E-state index in [-0.39, 0.29) is 5.91 Å². The van der Waals surface area contributed by atoms with Crippen molar-refractivity contribution in [1.82, 2.24) is 5.32 Å². The lowest BCUT2D eigenvalue weighted by atomic mass is 10.0. The van der Waals surface area contributed by atoms with Crippen molar-refractivity contribution in [2.45, 2.75) is 0 Å². The number of hydrogen-bond donors (Lipinski definition) is 1. The lowest BCUT2D eigenvalue weighted by Crippen LogP contribution is -2.19. The molecular formula is C21H14Cl2N2O2S. The van der Waals surface area contributed by atoms with Gasteiger partial charge in [0.2, 0.25) is 0 Å². The normalized spacial score (nSPS) is 16.8. The van der Waals surface area contributed by atoms with Gasteiger partial charge in [-0.2, -0.15) is 0 Å².